The molecule has 1 heterocycles. The molecule has 0 spiro atoms. The first kappa shape index (κ1) is 8.49. The number of rotatable bonds is 1. The monoisotopic (exact) mass is 157 g/mol. The third kappa shape index (κ3) is 1.36. The van der Waals surface area contributed by atoms with Gasteiger partial charge in [-0.1, -0.05) is 0 Å². The molecule has 0 saturated carbocycles. The quantitative estimate of drug-likeness (QED) is 0.448. The Labute approximate surface area is 66.5 Å². The van der Waals surface area contributed by atoms with Gasteiger partial charge in [0.2, 0.25) is 5.91 Å². The maximum Gasteiger partial charge on any atom is 0.239 e. The molecule has 64 valence electrons. The minimum atomic E-state index is -0.585. The zero-order chi connectivity index (χ0) is 8.48. The van der Waals surface area contributed by atoms with Gasteiger partial charge in [0.05, 0.1) is 0 Å². The Kier molecular flexibility index (Phi) is 2.15. The highest BCUT2D eigenvalue weighted by Gasteiger charge is 2.38. The summed E-state index contributed by atoms with van der Waals surface area (Å²) in [5.74, 6) is -0.294. The number of hydrogen-bond acceptors (Lipinski definition) is 3. The first-order valence-corrected chi connectivity index (χ1v) is 3.85. The topological polar surface area (TPSA) is 67.2 Å². The van der Waals surface area contributed by atoms with Gasteiger partial charge in [0, 0.05) is 19.1 Å². The van der Waals surface area contributed by atoms with E-state index in [1.807, 2.05) is 13.8 Å². The van der Waals surface area contributed by atoms with Crippen molar-refractivity contribution in [2.24, 2.45) is 5.73 Å². The van der Waals surface area contributed by atoms with Crippen molar-refractivity contribution in [3.05, 3.63) is 0 Å². The second kappa shape index (κ2) is 2.79. The maximum absolute atomic E-state index is 11.0. The van der Waals surface area contributed by atoms with Crippen LogP contribution in [0.3, 0.4) is 0 Å². The standard InChI is InChI=1S/C7H15N3O/c1-5-7(2,6(8)11)10-4-3-9-5/h5,9-10H,3-4H2,1-2H3,(H2,8,11). The molecule has 11 heavy (non-hydrogen) atoms. The molecule has 4 N–H and O–H groups in total. The van der Waals surface area contributed by atoms with Crippen molar-refractivity contribution < 1.29 is 4.79 Å². The molecule has 1 fully saturated rings. The Morgan fingerprint density at radius 1 is 1.64 bits per heavy atom. The predicted octanol–water partition coefficient (Wildman–Crippen LogP) is -1.19. The predicted molar refractivity (Wildman–Crippen MR) is 43.1 cm³/mol. The van der Waals surface area contributed by atoms with Crippen LogP contribution in [0.4, 0.5) is 0 Å². The number of nitrogens with two attached hydrogens (primary N) is 1. The molecule has 4 nitrogen and oxygen atoms in total. The van der Waals surface area contributed by atoms with Gasteiger partial charge in [0.25, 0.3) is 0 Å². The third-order valence-corrected chi connectivity index (χ3v) is 2.45. The van der Waals surface area contributed by atoms with Gasteiger partial charge in [-0.25, -0.2) is 0 Å². The lowest BCUT2D eigenvalue weighted by atomic mass is 9.91. The van der Waals surface area contributed by atoms with Crippen molar-refractivity contribution in [3.8, 4) is 0 Å². The second-order valence-electron chi connectivity index (χ2n) is 3.17. The summed E-state index contributed by atoms with van der Waals surface area (Å²) in [7, 11) is 0. The van der Waals surface area contributed by atoms with Crippen molar-refractivity contribution in [1.82, 2.24) is 10.6 Å². The molecule has 1 aliphatic rings. The second-order valence-corrected chi connectivity index (χ2v) is 3.17. The fourth-order valence-electron chi connectivity index (χ4n) is 1.27. The van der Waals surface area contributed by atoms with Gasteiger partial charge in [-0.3, -0.25) is 4.79 Å². The number of amides is 1. The van der Waals surface area contributed by atoms with Crippen LogP contribution in [0.2, 0.25) is 0 Å². The summed E-state index contributed by atoms with van der Waals surface area (Å²) in [5.41, 5.74) is 4.67. The molecule has 1 saturated heterocycles. The van der Waals surface area contributed by atoms with E-state index in [0.29, 0.717) is 0 Å². The van der Waals surface area contributed by atoms with Crippen LogP contribution < -0.4 is 16.4 Å². The lowest BCUT2D eigenvalue weighted by Crippen LogP contribution is -2.68. The number of carbonyl (C=O) groups excluding carboxylic acids is 1. The average molecular weight is 157 g/mol. The zero-order valence-electron chi connectivity index (χ0n) is 6.98. The summed E-state index contributed by atoms with van der Waals surface area (Å²) in [6.07, 6.45) is 0. The van der Waals surface area contributed by atoms with E-state index in [1.54, 1.807) is 0 Å². The van der Waals surface area contributed by atoms with Crippen LogP contribution in [0.15, 0.2) is 0 Å². The molecule has 4 heteroatoms. The summed E-state index contributed by atoms with van der Waals surface area (Å²) in [6, 6.07) is 0.105. The molecule has 2 unspecified atom stereocenters. The van der Waals surface area contributed by atoms with E-state index in [2.05, 4.69) is 10.6 Å². The van der Waals surface area contributed by atoms with Crippen molar-refractivity contribution in [2.75, 3.05) is 13.1 Å². The van der Waals surface area contributed by atoms with E-state index in [1.165, 1.54) is 0 Å². The molecule has 0 aromatic heterocycles. The lowest BCUT2D eigenvalue weighted by Gasteiger charge is -2.38. The highest BCUT2D eigenvalue weighted by atomic mass is 16.1. The Hall–Kier alpha value is -0.610. The first-order chi connectivity index (χ1) is 5.07. The Morgan fingerprint density at radius 2 is 2.27 bits per heavy atom. The number of hydrogen-bond donors (Lipinski definition) is 3. The minimum absolute atomic E-state index is 0.105. The highest BCUT2D eigenvalue weighted by molar-refractivity contribution is 5.85. The van der Waals surface area contributed by atoms with Gasteiger partial charge in [-0.2, -0.15) is 0 Å². The maximum atomic E-state index is 11.0. The zero-order valence-corrected chi connectivity index (χ0v) is 6.98. The molecule has 0 aliphatic carbocycles. The summed E-state index contributed by atoms with van der Waals surface area (Å²) in [5, 5.41) is 6.30. The first-order valence-electron chi connectivity index (χ1n) is 3.85. The molecule has 1 amide bonds. The summed E-state index contributed by atoms with van der Waals surface area (Å²) >= 11 is 0. The van der Waals surface area contributed by atoms with Crippen LogP contribution in [-0.2, 0) is 4.79 Å². The normalized spacial score (nSPS) is 38.5. The summed E-state index contributed by atoms with van der Waals surface area (Å²) in [4.78, 5) is 11.0. The average Bonchev–Trinajstić information content (AvgIpc) is 1.95. The molecule has 0 aromatic carbocycles. The van der Waals surface area contributed by atoms with Crippen molar-refractivity contribution in [1.29, 1.82) is 0 Å². The molecular formula is C7H15N3O. The van der Waals surface area contributed by atoms with E-state index >= 15 is 0 Å². The molecule has 2 atom stereocenters. The molecule has 0 bridgehead atoms. The summed E-state index contributed by atoms with van der Waals surface area (Å²) in [6.45, 7) is 5.47. The smallest absolute Gasteiger partial charge is 0.239 e. The summed E-state index contributed by atoms with van der Waals surface area (Å²) < 4.78 is 0. The Bertz CT molecular complexity index is 171. The third-order valence-electron chi connectivity index (χ3n) is 2.45. The number of carbonyl (C=O) groups is 1. The Balaban J connectivity index is 2.72. The SMILES string of the molecule is CC1NCCNC1(C)C(N)=O. The van der Waals surface area contributed by atoms with Crippen LogP contribution in [0, 0.1) is 0 Å². The van der Waals surface area contributed by atoms with Crippen LogP contribution in [0.25, 0.3) is 0 Å². The molecule has 0 radical (unpaired) electrons. The number of primary amides is 1. The van der Waals surface area contributed by atoms with Gasteiger partial charge in [0.15, 0.2) is 0 Å². The lowest BCUT2D eigenvalue weighted by molar-refractivity contribution is -0.125. The highest BCUT2D eigenvalue weighted by Crippen LogP contribution is 2.11. The molecule has 1 rings (SSSR count). The van der Waals surface area contributed by atoms with Gasteiger partial charge in [-0.15, -0.1) is 0 Å². The molecular weight excluding hydrogens is 142 g/mol. The van der Waals surface area contributed by atoms with Crippen LogP contribution >= 0.6 is 0 Å². The van der Waals surface area contributed by atoms with E-state index < -0.39 is 5.54 Å². The van der Waals surface area contributed by atoms with E-state index in [0.717, 1.165) is 13.1 Å². The van der Waals surface area contributed by atoms with Crippen molar-refractivity contribution >= 4 is 5.91 Å². The Morgan fingerprint density at radius 3 is 2.64 bits per heavy atom. The van der Waals surface area contributed by atoms with Gasteiger partial charge >= 0.3 is 0 Å². The van der Waals surface area contributed by atoms with Gasteiger partial charge in [0.1, 0.15) is 5.54 Å². The van der Waals surface area contributed by atoms with Gasteiger partial charge < -0.3 is 16.4 Å². The van der Waals surface area contributed by atoms with Crippen molar-refractivity contribution in [3.63, 3.8) is 0 Å². The fraction of sp³-hybridized carbons (Fsp3) is 0.857. The van der Waals surface area contributed by atoms with Crippen molar-refractivity contribution in [2.45, 2.75) is 25.4 Å². The largest absolute Gasteiger partial charge is 0.368 e. The molecule has 1 aliphatic heterocycles. The van der Waals surface area contributed by atoms with Crippen LogP contribution in [-0.4, -0.2) is 30.6 Å². The number of piperazine rings is 1. The van der Waals surface area contributed by atoms with E-state index in [9.17, 15) is 4.79 Å². The minimum Gasteiger partial charge on any atom is -0.368 e. The molecule has 0 aromatic rings. The van der Waals surface area contributed by atoms with Crippen LogP contribution in [0.1, 0.15) is 13.8 Å². The number of nitrogens with one attached hydrogen (secondary N) is 2. The van der Waals surface area contributed by atoms with E-state index in [4.69, 9.17) is 5.73 Å². The van der Waals surface area contributed by atoms with E-state index in [-0.39, 0.29) is 11.9 Å². The fourth-order valence-corrected chi connectivity index (χ4v) is 1.27. The van der Waals surface area contributed by atoms with Gasteiger partial charge in [-0.05, 0) is 13.8 Å². The van der Waals surface area contributed by atoms with Crippen LogP contribution in [0.5, 0.6) is 0 Å².